The van der Waals surface area contributed by atoms with Crippen LogP contribution in [-0.2, 0) is 18.9 Å². The summed E-state index contributed by atoms with van der Waals surface area (Å²) in [6.45, 7) is 3.62. The topological polar surface area (TPSA) is 77.4 Å². The van der Waals surface area contributed by atoms with E-state index in [1.165, 1.54) is 0 Å². The van der Waals surface area contributed by atoms with Gasteiger partial charge in [-0.25, -0.2) is 0 Å². The maximum atomic E-state index is 11.0. The summed E-state index contributed by atoms with van der Waals surface area (Å²) in [5.74, 6) is -0.743. The monoisotopic (exact) mass is 346 g/mol. The highest BCUT2D eigenvalue weighted by molar-refractivity contribution is 5.88. The first-order chi connectivity index (χ1) is 11.9. The second-order valence-electron chi connectivity index (χ2n) is 6.93. The van der Waals surface area contributed by atoms with E-state index < -0.39 is 36.5 Å². The van der Waals surface area contributed by atoms with Crippen LogP contribution in [0.15, 0.2) is 36.4 Å². The number of aliphatic hydroxyl groups is 1. The SMILES string of the molecule is CO[C@@H]1[C@H]2OC(C)(C)O[C@H]2O[C@@H]1[C@@H](O)c1c(O)ccc2ccccc12. The minimum atomic E-state index is -1.09. The third-order valence-electron chi connectivity index (χ3n) is 4.85. The molecular weight excluding hydrogens is 324 g/mol. The van der Waals surface area contributed by atoms with Crippen LogP contribution in [0.5, 0.6) is 5.75 Å². The van der Waals surface area contributed by atoms with E-state index in [0.717, 1.165) is 10.8 Å². The molecule has 2 N–H and O–H groups in total. The number of phenols is 1. The van der Waals surface area contributed by atoms with Crippen LogP contribution < -0.4 is 0 Å². The molecule has 2 aromatic rings. The van der Waals surface area contributed by atoms with Gasteiger partial charge in [0.2, 0.25) is 0 Å². The summed E-state index contributed by atoms with van der Waals surface area (Å²) in [5.41, 5.74) is 0.421. The average molecular weight is 346 g/mol. The van der Waals surface area contributed by atoms with Crippen molar-refractivity contribution >= 4 is 10.8 Å². The van der Waals surface area contributed by atoms with E-state index in [1.807, 2.05) is 44.2 Å². The summed E-state index contributed by atoms with van der Waals surface area (Å²) in [4.78, 5) is 0. The molecule has 2 heterocycles. The Morgan fingerprint density at radius 1 is 1.12 bits per heavy atom. The van der Waals surface area contributed by atoms with Gasteiger partial charge in [0, 0.05) is 12.7 Å². The fourth-order valence-electron chi connectivity index (χ4n) is 3.79. The number of rotatable bonds is 3. The Balaban J connectivity index is 1.70. The lowest BCUT2D eigenvalue weighted by Crippen LogP contribution is -2.39. The summed E-state index contributed by atoms with van der Waals surface area (Å²) in [6.07, 6.45) is -3.36. The van der Waals surface area contributed by atoms with Crippen molar-refractivity contribution in [3.05, 3.63) is 42.0 Å². The van der Waals surface area contributed by atoms with E-state index in [1.54, 1.807) is 13.2 Å². The predicted octanol–water partition coefficient (Wildman–Crippen LogP) is 2.47. The Labute approximate surface area is 145 Å². The molecule has 134 valence electrons. The number of methoxy groups -OCH3 is 1. The molecule has 0 aliphatic carbocycles. The van der Waals surface area contributed by atoms with Crippen molar-refractivity contribution in [1.29, 1.82) is 0 Å². The van der Waals surface area contributed by atoms with Gasteiger partial charge in [-0.3, -0.25) is 0 Å². The van der Waals surface area contributed by atoms with Gasteiger partial charge in [0.15, 0.2) is 12.1 Å². The Bertz CT molecular complexity index is 789. The zero-order chi connectivity index (χ0) is 17.8. The smallest absolute Gasteiger partial charge is 0.190 e. The normalized spacial score (nSPS) is 32.0. The van der Waals surface area contributed by atoms with E-state index in [9.17, 15) is 10.2 Å². The maximum absolute atomic E-state index is 11.0. The molecule has 5 atom stereocenters. The van der Waals surface area contributed by atoms with Crippen molar-refractivity contribution in [3.8, 4) is 5.75 Å². The van der Waals surface area contributed by atoms with Crippen LogP contribution >= 0.6 is 0 Å². The molecule has 2 aromatic carbocycles. The Morgan fingerprint density at radius 2 is 1.88 bits per heavy atom. The number of hydrogen-bond donors (Lipinski definition) is 2. The van der Waals surface area contributed by atoms with E-state index in [-0.39, 0.29) is 5.75 Å². The van der Waals surface area contributed by atoms with Gasteiger partial charge in [-0.15, -0.1) is 0 Å². The van der Waals surface area contributed by atoms with E-state index >= 15 is 0 Å². The second kappa shape index (κ2) is 5.93. The number of aromatic hydroxyl groups is 1. The number of phenolic OH excluding ortho intramolecular Hbond substituents is 1. The highest BCUT2D eigenvalue weighted by Gasteiger charge is 2.57. The Morgan fingerprint density at radius 3 is 2.64 bits per heavy atom. The van der Waals surface area contributed by atoms with Crippen molar-refractivity contribution in [2.75, 3.05) is 7.11 Å². The van der Waals surface area contributed by atoms with Crippen LogP contribution in [0.1, 0.15) is 25.5 Å². The predicted molar refractivity (Wildman–Crippen MR) is 90.1 cm³/mol. The first-order valence-corrected chi connectivity index (χ1v) is 8.34. The third-order valence-corrected chi connectivity index (χ3v) is 4.85. The molecule has 2 aliphatic heterocycles. The van der Waals surface area contributed by atoms with Crippen LogP contribution in [0.4, 0.5) is 0 Å². The fraction of sp³-hybridized carbons (Fsp3) is 0.474. The van der Waals surface area contributed by atoms with Gasteiger partial charge < -0.3 is 29.2 Å². The first kappa shape index (κ1) is 16.8. The zero-order valence-corrected chi connectivity index (χ0v) is 14.4. The number of aliphatic hydroxyl groups excluding tert-OH is 1. The van der Waals surface area contributed by atoms with Crippen LogP contribution in [0.3, 0.4) is 0 Å². The summed E-state index contributed by atoms with van der Waals surface area (Å²) in [5, 5.41) is 23.1. The van der Waals surface area contributed by atoms with Crippen LogP contribution in [0.25, 0.3) is 10.8 Å². The minimum absolute atomic E-state index is 0.0175. The van der Waals surface area contributed by atoms with Gasteiger partial charge in [-0.1, -0.05) is 30.3 Å². The van der Waals surface area contributed by atoms with Crippen LogP contribution in [0.2, 0.25) is 0 Å². The molecule has 6 nitrogen and oxygen atoms in total. The largest absolute Gasteiger partial charge is 0.508 e. The summed E-state index contributed by atoms with van der Waals surface area (Å²) >= 11 is 0. The molecule has 0 saturated carbocycles. The van der Waals surface area contributed by atoms with Gasteiger partial charge >= 0.3 is 0 Å². The van der Waals surface area contributed by atoms with Gasteiger partial charge in [-0.2, -0.15) is 0 Å². The van der Waals surface area contributed by atoms with Crippen molar-refractivity contribution in [2.24, 2.45) is 0 Å². The molecule has 2 saturated heterocycles. The van der Waals surface area contributed by atoms with Crippen LogP contribution in [0, 0.1) is 0 Å². The van der Waals surface area contributed by atoms with E-state index in [2.05, 4.69) is 0 Å². The van der Waals surface area contributed by atoms with E-state index in [0.29, 0.717) is 5.56 Å². The van der Waals surface area contributed by atoms with Gasteiger partial charge in [0.05, 0.1) is 0 Å². The highest BCUT2D eigenvalue weighted by Crippen LogP contribution is 2.44. The van der Waals surface area contributed by atoms with Gasteiger partial charge in [0.25, 0.3) is 0 Å². The Hall–Kier alpha value is -1.70. The molecule has 6 heteroatoms. The Kier molecular flexibility index (Phi) is 3.97. The zero-order valence-electron chi connectivity index (χ0n) is 14.4. The molecule has 4 rings (SSSR count). The quantitative estimate of drug-likeness (QED) is 0.889. The van der Waals surface area contributed by atoms with Crippen LogP contribution in [-0.4, -0.2) is 47.7 Å². The number of fused-ring (bicyclic) bond motifs is 2. The number of benzene rings is 2. The number of hydrogen-bond acceptors (Lipinski definition) is 6. The van der Waals surface area contributed by atoms with E-state index in [4.69, 9.17) is 18.9 Å². The maximum Gasteiger partial charge on any atom is 0.190 e. The van der Waals surface area contributed by atoms with Crippen molar-refractivity contribution in [1.82, 2.24) is 0 Å². The molecule has 0 spiro atoms. The highest BCUT2D eigenvalue weighted by atomic mass is 16.8. The minimum Gasteiger partial charge on any atom is -0.508 e. The molecule has 0 amide bonds. The van der Waals surface area contributed by atoms with Crippen molar-refractivity contribution in [2.45, 2.75) is 50.3 Å². The summed E-state index contributed by atoms with van der Waals surface area (Å²) in [6, 6.07) is 11.0. The summed E-state index contributed by atoms with van der Waals surface area (Å²) in [7, 11) is 1.55. The third kappa shape index (κ3) is 2.70. The molecular formula is C19H22O6. The lowest BCUT2D eigenvalue weighted by atomic mass is 9.93. The lowest BCUT2D eigenvalue weighted by Gasteiger charge is -2.28. The second-order valence-corrected chi connectivity index (χ2v) is 6.93. The molecule has 0 unspecified atom stereocenters. The van der Waals surface area contributed by atoms with Gasteiger partial charge in [-0.05, 0) is 30.7 Å². The van der Waals surface area contributed by atoms with Crippen molar-refractivity contribution < 1.29 is 29.2 Å². The van der Waals surface area contributed by atoms with Crippen molar-refractivity contribution in [3.63, 3.8) is 0 Å². The molecule has 25 heavy (non-hydrogen) atoms. The summed E-state index contributed by atoms with van der Waals surface area (Å²) < 4.78 is 23.1. The standard InChI is InChI=1S/C19H22O6/c1-19(2)24-17-16(22-3)15(23-18(17)25-19)14(21)13-11-7-5-4-6-10(11)8-9-12(13)20/h4-9,14-18,20-21H,1-3H3/t14-,15+,16-,17+,18+/m0/s1. The molecule has 0 bridgehead atoms. The lowest BCUT2D eigenvalue weighted by molar-refractivity contribution is -0.228. The molecule has 2 fully saturated rings. The molecule has 2 aliphatic rings. The first-order valence-electron chi connectivity index (χ1n) is 8.34. The molecule has 0 radical (unpaired) electrons. The van der Waals surface area contributed by atoms with Gasteiger partial charge in [0.1, 0.15) is 30.2 Å². The average Bonchev–Trinajstić information content (AvgIpc) is 3.05. The fourth-order valence-corrected chi connectivity index (χ4v) is 3.79. The number of ether oxygens (including phenoxy) is 4. The molecule has 0 aromatic heterocycles.